The van der Waals surface area contributed by atoms with E-state index >= 15 is 0 Å². The largest absolute Gasteiger partial charge is 0.241 e. The Hall–Kier alpha value is -0.400. The van der Waals surface area contributed by atoms with Gasteiger partial charge in [-0.1, -0.05) is 32.9 Å². The molecule has 0 aliphatic heterocycles. The molecular formula is C9H16F2. The van der Waals surface area contributed by atoms with Crippen molar-refractivity contribution in [2.45, 2.75) is 33.6 Å². The standard InChI is InChI=1S/C9H16F2/c1-7(2)5-4-6-8(3)9(10)11/h4-5,7-9H,6H2,1-3H3/b5-4+. The fourth-order valence-electron chi connectivity index (χ4n) is 0.668. The summed E-state index contributed by atoms with van der Waals surface area (Å²) in [4.78, 5) is 0. The van der Waals surface area contributed by atoms with E-state index < -0.39 is 12.3 Å². The summed E-state index contributed by atoms with van der Waals surface area (Å²) >= 11 is 0. The molecule has 0 bridgehead atoms. The minimum absolute atomic E-state index is 0.458. The van der Waals surface area contributed by atoms with E-state index in [-0.39, 0.29) is 0 Å². The van der Waals surface area contributed by atoms with Gasteiger partial charge in [-0.25, -0.2) is 8.78 Å². The van der Waals surface area contributed by atoms with E-state index in [2.05, 4.69) is 0 Å². The van der Waals surface area contributed by atoms with E-state index in [0.717, 1.165) is 0 Å². The molecule has 0 saturated carbocycles. The third-order valence-electron chi connectivity index (χ3n) is 1.46. The number of hydrogen-bond donors (Lipinski definition) is 0. The molecule has 66 valence electrons. The van der Waals surface area contributed by atoms with Gasteiger partial charge in [-0.3, -0.25) is 0 Å². The predicted octanol–water partition coefficient (Wildman–Crippen LogP) is 3.49. The van der Waals surface area contributed by atoms with Gasteiger partial charge in [0.05, 0.1) is 0 Å². The topological polar surface area (TPSA) is 0 Å². The van der Waals surface area contributed by atoms with Crippen LogP contribution in [-0.4, -0.2) is 6.43 Å². The van der Waals surface area contributed by atoms with Crippen molar-refractivity contribution in [1.82, 2.24) is 0 Å². The molecule has 0 saturated heterocycles. The molecule has 0 aliphatic rings. The summed E-state index contributed by atoms with van der Waals surface area (Å²) in [5.41, 5.74) is 0. The zero-order valence-corrected chi connectivity index (χ0v) is 7.35. The first-order chi connectivity index (χ1) is 5.04. The van der Waals surface area contributed by atoms with Gasteiger partial charge >= 0.3 is 0 Å². The molecule has 1 unspecified atom stereocenters. The van der Waals surface area contributed by atoms with Crippen molar-refractivity contribution in [3.05, 3.63) is 12.2 Å². The molecule has 0 amide bonds. The van der Waals surface area contributed by atoms with Crippen LogP contribution < -0.4 is 0 Å². The van der Waals surface area contributed by atoms with Crippen LogP contribution in [0.1, 0.15) is 27.2 Å². The Balaban J connectivity index is 3.53. The molecule has 0 N–H and O–H groups in total. The van der Waals surface area contributed by atoms with Crippen LogP contribution in [0.15, 0.2) is 12.2 Å². The lowest BCUT2D eigenvalue weighted by Crippen LogP contribution is -2.04. The summed E-state index contributed by atoms with van der Waals surface area (Å²) in [5, 5.41) is 0. The first-order valence-electron chi connectivity index (χ1n) is 3.98. The van der Waals surface area contributed by atoms with Crippen molar-refractivity contribution in [3.8, 4) is 0 Å². The smallest absolute Gasteiger partial charge is 0.210 e. The molecule has 0 radical (unpaired) electrons. The van der Waals surface area contributed by atoms with Crippen molar-refractivity contribution >= 4 is 0 Å². The van der Waals surface area contributed by atoms with Crippen LogP contribution in [0.5, 0.6) is 0 Å². The van der Waals surface area contributed by atoms with Crippen molar-refractivity contribution in [3.63, 3.8) is 0 Å². The van der Waals surface area contributed by atoms with E-state index in [1.54, 1.807) is 6.92 Å². The van der Waals surface area contributed by atoms with Gasteiger partial charge in [0, 0.05) is 5.92 Å². The number of allylic oxidation sites excluding steroid dienone is 2. The van der Waals surface area contributed by atoms with Crippen LogP contribution >= 0.6 is 0 Å². The zero-order valence-electron chi connectivity index (χ0n) is 7.35. The second kappa shape index (κ2) is 5.28. The molecule has 0 rings (SSSR count). The third-order valence-corrected chi connectivity index (χ3v) is 1.46. The lowest BCUT2D eigenvalue weighted by molar-refractivity contribution is 0.0878. The Morgan fingerprint density at radius 2 is 1.73 bits per heavy atom. The van der Waals surface area contributed by atoms with E-state index in [1.807, 2.05) is 26.0 Å². The highest BCUT2D eigenvalue weighted by atomic mass is 19.3. The molecule has 0 spiro atoms. The maximum absolute atomic E-state index is 11.9. The van der Waals surface area contributed by atoms with Gasteiger partial charge in [-0.2, -0.15) is 0 Å². The fraction of sp³-hybridized carbons (Fsp3) is 0.778. The second-order valence-electron chi connectivity index (χ2n) is 3.22. The first-order valence-corrected chi connectivity index (χ1v) is 3.98. The minimum atomic E-state index is -2.19. The number of halogens is 2. The molecule has 0 aromatic carbocycles. The van der Waals surface area contributed by atoms with Gasteiger partial charge in [0.15, 0.2) is 0 Å². The zero-order chi connectivity index (χ0) is 8.85. The molecule has 0 aromatic rings. The van der Waals surface area contributed by atoms with E-state index in [0.29, 0.717) is 12.3 Å². The van der Waals surface area contributed by atoms with Gasteiger partial charge in [-0.05, 0) is 12.3 Å². The van der Waals surface area contributed by atoms with Crippen molar-refractivity contribution < 1.29 is 8.78 Å². The third kappa shape index (κ3) is 6.02. The average Bonchev–Trinajstić information content (AvgIpc) is 1.86. The molecule has 11 heavy (non-hydrogen) atoms. The van der Waals surface area contributed by atoms with Crippen LogP contribution in [0.25, 0.3) is 0 Å². The normalized spacial score (nSPS) is 15.2. The minimum Gasteiger partial charge on any atom is -0.210 e. The Labute approximate surface area is 67.3 Å². The lowest BCUT2D eigenvalue weighted by Gasteiger charge is -2.05. The molecule has 0 aromatic heterocycles. The first kappa shape index (κ1) is 10.6. The fourth-order valence-corrected chi connectivity index (χ4v) is 0.668. The van der Waals surface area contributed by atoms with Gasteiger partial charge < -0.3 is 0 Å². The Morgan fingerprint density at radius 3 is 2.09 bits per heavy atom. The Bertz CT molecular complexity index is 117. The maximum Gasteiger partial charge on any atom is 0.241 e. The van der Waals surface area contributed by atoms with Crippen LogP contribution in [0.2, 0.25) is 0 Å². The van der Waals surface area contributed by atoms with Gasteiger partial charge in [-0.15, -0.1) is 0 Å². The average molecular weight is 162 g/mol. The van der Waals surface area contributed by atoms with E-state index in [4.69, 9.17) is 0 Å². The molecule has 0 nitrogen and oxygen atoms in total. The van der Waals surface area contributed by atoms with Gasteiger partial charge in [0.2, 0.25) is 6.43 Å². The van der Waals surface area contributed by atoms with Crippen LogP contribution in [0, 0.1) is 11.8 Å². The van der Waals surface area contributed by atoms with Gasteiger partial charge in [0.25, 0.3) is 0 Å². The molecule has 0 fully saturated rings. The molecule has 1 atom stereocenters. The molecule has 0 aliphatic carbocycles. The maximum atomic E-state index is 11.9. The second-order valence-corrected chi connectivity index (χ2v) is 3.22. The van der Waals surface area contributed by atoms with E-state index in [1.165, 1.54) is 0 Å². The highest BCUT2D eigenvalue weighted by molar-refractivity contribution is 4.85. The Morgan fingerprint density at radius 1 is 1.18 bits per heavy atom. The number of hydrogen-bond acceptors (Lipinski definition) is 0. The monoisotopic (exact) mass is 162 g/mol. The van der Waals surface area contributed by atoms with Crippen molar-refractivity contribution in [1.29, 1.82) is 0 Å². The SMILES string of the molecule is CC(C)/C=C/CC(C)C(F)F. The summed E-state index contributed by atoms with van der Waals surface area (Å²) < 4.78 is 23.8. The highest BCUT2D eigenvalue weighted by Crippen LogP contribution is 2.13. The van der Waals surface area contributed by atoms with Crippen LogP contribution in [0.3, 0.4) is 0 Å². The van der Waals surface area contributed by atoms with Gasteiger partial charge in [0.1, 0.15) is 0 Å². The van der Waals surface area contributed by atoms with Crippen molar-refractivity contribution in [2.75, 3.05) is 0 Å². The lowest BCUT2D eigenvalue weighted by atomic mass is 10.1. The summed E-state index contributed by atoms with van der Waals surface area (Å²) in [6.45, 7) is 5.63. The summed E-state index contributed by atoms with van der Waals surface area (Å²) in [6, 6.07) is 0. The molecular weight excluding hydrogens is 146 g/mol. The number of alkyl halides is 2. The molecule has 0 heterocycles. The molecule has 2 heteroatoms. The predicted molar refractivity (Wildman–Crippen MR) is 43.8 cm³/mol. The van der Waals surface area contributed by atoms with Crippen LogP contribution in [0.4, 0.5) is 8.78 Å². The highest BCUT2D eigenvalue weighted by Gasteiger charge is 2.11. The summed E-state index contributed by atoms with van der Waals surface area (Å²) in [7, 11) is 0. The van der Waals surface area contributed by atoms with E-state index in [9.17, 15) is 8.78 Å². The summed E-state index contributed by atoms with van der Waals surface area (Å²) in [6.07, 6.45) is 2.09. The van der Waals surface area contributed by atoms with Crippen LogP contribution in [-0.2, 0) is 0 Å². The quantitative estimate of drug-likeness (QED) is 0.555. The Kier molecular flexibility index (Phi) is 5.08. The summed E-state index contributed by atoms with van der Waals surface area (Å²) in [5.74, 6) is -0.0510. The van der Waals surface area contributed by atoms with Crippen molar-refractivity contribution in [2.24, 2.45) is 11.8 Å². The number of rotatable bonds is 4.